The number of carbonyl (C=O) groups is 2. The van der Waals surface area contributed by atoms with Gasteiger partial charge < -0.3 is 15.0 Å². The lowest BCUT2D eigenvalue weighted by Gasteiger charge is -2.28. The van der Waals surface area contributed by atoms with Gasteiger partial charge in [-0.05, 0) is 54.8 Å². The number of ether oxygens (including phenoxy) is 1. The molecule has 0 spiro atoms. The van der Waals surface area contributed by atoms with Crippen molar-refractivity contribution in [1.82, 2.24) is 20.0 Å². The van der Waals surface area contributed by atoms with Crippen LogP contribution in [0.3, 0.4) is 0 Å². The van der Waals surface area contributed by atoms with E-state index in [1.807, 2.05) is 24.3 Å². The van der Waals surface area contributed by atoms with Crippen molar-refractivity contribution in [3.05, 3.63) is 82.2 Å². The van der Waals surface area contributed by atoms with E-state index in [2.05, 4.69) is 10.4 Å². The lowest BCUT2D eigenvalue weighted by molar-refractivity contribution is -0.137. The summed E-state index contributed by atoms with van der Waals surface area (Å²) in [7, 11) is 1.59. The molecule has 0 saturated heterocycles. The molecule has 0 radical (unpaired) electrons. The van der Waals surface area contributed by atoms with Crippen LogP contribution in [0, 0.1) is 0 Å². The number of halogens is 3. The Bertz CT molecular complexity index is 1300. The summed E-state index contributed by atoms with van der Waals surface area (Å²) < 4.78 is 45.8. The topological polar surface area (TPSA) is 76.5 Å². The number of rotatable bonds is 6. The molecule has 0 atom stereocenters. The highest BCUT2D eigenvalue weighted by Crippen LogP contribution is 2.30. The molecule has 0 bridgehead atoms. The van der Waals surface area contributed by atoms with Gasteiger partial charge in [-0.15, -0.1) is 0 Å². The summed E-state index contributed by atoms with van der Waals surface area (Å²) in [6.07, 6.45) is -2.15. The molecule has 36 heavy (non-hydrogen) atoms. The first kappa shape index (κ1) is 23.9. The zero-order valence-electron chi connectivity index (χ0n) is 19.6. The summed E-state index contributed by atoms with van der Waals surface area (Å²) >= 11 is 0. The Labute approximate surface area is 205 Å². The second-order valence-electron chi connectivity index (χ2n) is 9.08. The van der Waals surface area contributed by atoms with Gasteiger partial charge in [0, 0.05) is 35.8 Å². The van der Waals surface area contributed by atoms with E-state index in [4.69, 9.17) is 4.74 Å². The van der Waals surface area contributed by atoms with Crippen LogP contribution in [0.5, 0.6) is 5.75 Å². The van der Waals surface area contributed by atoms with Crippen LogP contribution >= 0.6 is 0 Å². The van der Waals surface area contributed by atoms with Crippen molar-refractivity contribution >= 4 is 11.8 Å². The Morgan fingerprint density at radius 3 is 2.56 bits per heavy atom. The summed E-state index contributed by atoms with van der Waals surface area (Å²) in [6, 6.07) is 11.9. The van der Waals surface area contributed by atoms with Crippen LogP contribution in [0.25, 0.3) is 0 Å². The van der Waals surface area contributed by atoms with Crippen molar-refractivity contribution in [3.8, 4) is 5.75 Å². The monoisotopic (exact) mass is 498 g/mol. The van der Waals surface area contributed by atoms with Crippen LogP contribution in [0.15, 0.2) is 48.5 Å². The van der Waals surface area contributed by atoms with E-state index in [9.17, 15) is 22.8 Å². The zero-order valence-corrected chi connectivity index (χ0v) is 19.6. The standard InChI is InChI=1S/C26H25F3N4O3/c1-36-20-4-2-3-16(13-20)14-33-22-11-12-32(15-21(22)23(31-33)24(34)30-19-9-10-19)25(35)17-5-7-18(8-6-17)26(27,28)29/h2-8,13,19H,9-12,14-15H2,1H3,(H,30,34). The first-order valence-corrected chi connectivity index (χ1v) is 11.7. The summed E-state index contributed by atoms with van der Waals surface area (Å²) in [5, 5.41) is 7.60. The average Bonchev–Trinajstić information content (AvgIpc) is 3.62. The second kappa shape index (κ2) is 9.33. The van der Waals surface area contributed by atoms with Crippen LogP contribution < -0.4 is 10.1 Å². The maximum Gasteiger partial charge on any atom is 0.416 e. The van der Waals surface area contributed by atoms with Crippen LogP contribution in [-0.4, -0.2) is 46.2 Å². The van der Waals surface area contributed by atoms with Crippen molar-refractivity contribution < 1.29 is 27.5 Å². The van der Waals surface area contributed by atoms with Gasteiger partial charge in [-0.1, -0.05) is 12.1 Å². The number of methoxy groups -OCH3 is 1. The van der Waals surface area contributed by atoms with Crippen molar-refractivity contribution in [3.63, 3.8) is 0 Å². The van der Waals surface area contributed by atoms with Crippen molar-refractivity contribution in [2.75, 3.05) is 13.7 Å². The number of carbonyl (C=O) groups excluding carboxylic acids is 2. The van der Waals surface area contributed by atoms with Crippen LogP contribution in [0.4, 0.5) is 13.2 Å². The maximum absolute atomic E-state index is 13.1. The van der Waals surface area contributed by atoms with Gasteiger partial charge in [0.2, 0.25) is 0 Å². The fraction of sp³-hybridized carbons (Fsp3) is 0.346. The van der Waals surface area contributed by atoms with E-state index in [1.165, 1.54) is 12.1 Å². The predicted octanol–water partition coefficient (Wildman–Crippen LogP) is 4.05. The SMILES string of the molecule is COc1cccc(Cn2nc(C(=O)NC3CC3)c3c2CCN(C(=O)c2ccc(C(F)(F)F)cc2)C3)c1. The first-order chi connectivity index (χ1) is 17.2. The molecule has 2 heterocycles. The lowest BCUT2D eigenvalue weighted by Crippen LogP contribution is -2.37. The van der Waals surface area contributed by atoms with Crippen molar-refractivity contribution in [1.29, 1.82) is 0 Å². The highest BCUT2D eigenvalue weighted by molar-refractivity contribution is 5.96. The van der Waals surface area contributed by atoms with E-state index in [0.29, 0.717) is 30.8 Å². The van der Waals surface area contributed by atoms with Gasteiger partial charge in [-0.3, -0.25) is 14.3 Å². The molecule has 10 heteroatoms. The minimum atomic E-state index is -4.47. The van der Waals surface area contributed by atoms with Gasteiger partial charge in [-0.2, -0.15) is 18.3 Å². The van der Waals surface area contributed by atoms with Crippen LogP contribution in [0.1, 0.15) is 56.1 Å². The highest BCUT2D eigenvalue weighted by atomic mass is 19.4. The van der Waals surface area contributed by atoms with Gasteiger partial charge >= 0.3 is 6.18 Å². The second-order valence-corrected chi connectivity index (χ2v) is 9.08. The molecule has 2 aliphatic rings. The number of benzene rings is 2. The minimum absolute atomic E-state index is 0.144. The van der Waals surface area contributed by atoms with E-state index in [1.54, 1.807) is 16.7 Å². The van der Waals surface area contributed by atoms with Gasteiger partial charge in [0.1, 0.15) is 5.75 Å². The summed E-state index contributed by atoms with van der Waals surface area (Å²) in [5.74, 6) is 0.0546. The number of nitrogens with one attached hydrogen (secondary N) is 1. The predicted molar refractivity (Wildman–Crippen MR) is 125 cm³/mol. The highest BCUT2D eigenvalue weighted by Gasteiger charge is 2.34. The maximum atomic E-state index is 13.1. The Morgan fingerprint density at radius 2 is 1.89 bits per heavy atom. The number of hydrogen-bond acceptors (Lipinski definition) is 4. The van der Waals surface area contributed by atoms with Crippen LogP contribution in [-0.2, 0) is 25.7 Å². The number of hydrogen-bond donors (Lipinski definition) is 1. The molecule has 2 amide bonds. The number of aromatic nitrogens is 2. The smallest absolute Gasteiger partial charge is 0.416 e. The molecule has 1 fully saturated rings. The lowest BCUT2D eigenvalue weighted by atomic mass is 10.0. The summed E-state index contributed by atoms with van der Waals surface area (Å²) in [5.41, 5.74) is 2.14. The number of alkyl halides is 3. The number of nitrogens with zero attached hydrogens (tertiary/aromatic N) is 3. The first-order valence-electron chi connectivity index (χ1n) is 11.7. The number of amides is 2. The summed E-state index contributed by atoms with van der Waals surface area (Å²) in [4.78, 5) is 27.7. The molecule has 0 unspecified atom stereocenters. The fourth-order valence-corrected chi connectivity index (χ4v) is 4.39. The molecule has 1 aromatic heterocycles. The molecular formula is C26H25F3N4O3. The normalized spacial score (nSPS) is 15.4. The third kappa shape index (κ3) is 4.93. The molecule has 5 rings (SSSR count). The Hall–Kier alpha value is -3.82. The van der Waals surface area contributed by atoms with Gasteiger partial charge in [0.05, 0.1) is 25.8 Å². The Kier molecular flexibility index (Phi) is 6.19. The van der Waals surface area contributed by atoms with E-state index in [-0.39, 0.29) is 35.7 Å². The Balaban J connectivity index is 1.42. The largest absolute Gasteiger partial charge is 0.497 e. The third-order valence-corrected chi connectivity index (χ3v) is 6.47. The van der Waals surface area contributed by atoms with E-state index < -0.39 is 11.7 Å². The Morgan fingerprint density at radius 1 is 1.14 bits per heavy atom. The van der Waals surface area contributed by atoms with Gasteiger partial charge in [0.25, 0.3) is 11.8 Å². The van der Waals surface area contributed by atoms with Crippen molar-refractivity contribution in [2.45, 2.75) is 44.6 Å². The van der Waals surface area contributed by atoms with E-state index >= 15 is 0 Å². The molecule has 188 valence electrons. The molecule has 2 aromatic carbocycles. The molecule has 1 aliphatic heterocycles. The van der Waals surface area contributed by atoms with Gasteiger partial charge in [0.15, 0.2) is 5.69 Å². The molecule has 3 aromatic rings. The summed E-state index contributed by atoms with van der Waals surface area (Å²) in [6.45, 7) is 0.949. The molecule has 7 nitrogen and oxygen atoms in total. The van der Waals surface area contributed by atoms with Crippen molar-refractivity contribution in [2.24, 2.45) is 0 Å². The molecule has 1 N–H and O–H groups in total. The van der Waals surface area contributed by atoms with E-state index in [0.717, 1.165) is 36.2 Å². The molecule has 1 saturated carbocycles. The van der Waals surface area contributed by atoms with Crippen LogP contribution in [0.2, 0.25) is 0 Å². The zero-order chi connectivity index (χ0) is 25.4. The molecular weight excluding hydrogens is 473 g/mol. The fourth-order valence-electron chi connectivity index (χ4n) is 4.39. The number of fused-ring (bicyclic) bond motifs is 1. The minimum Gasteiger partial charge on any atom is -0.497 e. The quantitative estimate of drug-likeness (QED) is 0.557. The molecule has 1 aliphatic carbocycles. The third-order valence-electron chi connectivity index (χ3n) is 6.47. The average molecular weight is 499 g/mol. The van der Waals surface area contributed by atoms with Gasteiger partial charge in [-0.25, -0.2) is 0 Å².